The molecule has 2 aromatic carbocycles. The molecule has 0 bridgehead atoms. The van der Waals surface area contributed by atoms with E-state index in [0.717, 1.165) is 5.56 Å². The fourth-order valence-corrected chi connectivity index (χ4v) is 5.03. The number of aliphatic hydroxyl groups excluding tert-OH is 1. The molecule has 0 aliphatic carbocycles. The predicted molar refractivity (Wildman–Crippen MR) is 130 cm³/mol. The normalized spacial score (nSPS) is 17.9. The van der Waals surface area contributed by atoms with Crippen LogP contribution in [0.15, 0.2) is 57.8 Å². The van der Waals surface area contributed by atoms with E-state index in [9.17, 15) is 19.5 Å². The monoisotopic (exact) mass is 544 g/mol. The maximum atomic E-state index is 13.6. The molecule has 2 amide bonds. The molecule has 1 unspecified atom stereocenters. The van der Waals surface area contributed by atoms with Crippen LogP contribution in [0, 0.1) is 0 Å². The molecule has 10 heteroatoms. The maximum Gasteiger partial charge on any atom is 0.329 e. The number of nitrogens with zero attached hydrogens (tertiary/aromatic N) is 4. The number of benzene rings is 2. The van der Waals surface area contributed by atoms with Gasteiger partial charge in [0.05, 0.1) is 29.9 Å². The van der Waals surface area contributed by atoms with Gasteiger partial charge >= 0.3 is 5.69 Å². The Morgan fingerprint density at radius 2 is 1.82 bits per heavy atom. The number of fused-ring (bicyclic) bond motifs is 3. The summed E-state index contributed by atoms with van der Waals surface area (Å²) in [4.78, 5) is 43.1. The van der Waals surface area contributed by atoms with Gasteiger partial charge in [0.25, 0.3) is 11.8 Å². The van der Waals surface area contributed by atoms with Gasteiger partial charge < -0.3 is 14.9 Å². The molecular weight excluding hydrogens is 524 g/mol. The van der Waals surface area contributed by atoms with E-state index in [4.69, 9.17) is 11.6 Å². The minimum Gasteiger partial charge on any atom is -0.389 e. The third-order valence-electron chi connectivity index (χ3n) is 6.25. The second-order valence-corrected chi connectivity index (χ2v) is 9.78. The number of hydrogen-bond acceptors (Lipinski definition) is 4. The van der Waals surface area contributed by atoms with Crippen molar-refractivity contribution in [2.24, 2.45) is 0 Å². The van der Waals surface area contributed by atoms with Crippen molar-refractivity contribution in [2.45, 2.75) is 32.3 Å². The summed E-state index contributed by atoms with van der Waals surface area (Å²) in [5.74, 6) is -0.553. The molecule has 0 fully saturated rings. The zero-order valence-corrected chi connectivity index (χ0v) is 20.5. The molecule has 5 rings (SSSR count). The molecule has 0 spiro atoms. The number of rotatable bonds is 3. The summed E-state index contributed by atoms with van der Waals surface area (Å²) in [5, 5.41) is 11.0. The van der Waals surface area contributed by atoms with Crippen LogP contribution in [0.4, 0.5) is 0 Å². The Hall–Kier alpha value is -2.88. The van der Waals surface area contributed by atoms with Gasteiger partial charge in [-0.2, -0.15) is 0 Å². The summed E-state index contributed by atoms with van der Waals surface area (Å²) in [7, 11) is 0. The van der Waals surface area contributed by atoms with Crippen LogP contribution in [0.3, 0.4) is 0 Å². The smallest absolute Gasteiger partial charge is 0.329 e. The third kappa shape index (κ3) is 4.08. The molecule has 1 aromatic heterocycles. The molecular formula is C24H22BrClN4O4. The van der Waals surface area contributed by atoms with Crippen LogP contribution in [0.5, 0.6) is 0 Å². The van der Waals surface area contributed by atoms with E-state index in [-0.39, 0.29) is 49.4 Å². The zero-order chi connectivity index (χ0) is 24.0. The largest absolute Gasteiger partial charge is 0.389 e. The van der Waals surface area contributed by atoms with Gasteiger partial charge in [0.15, 0.2) is 0 Å². The number of aliphatic hydroxyl groups is 1. The molecule has 1 N–H and O–H groups in total. The van der Waals surface area contributed by atoms with Crippen molar-refractivity contribution in [1.82, 2.24) is 18.9 Å². The summed E-state index contributed by atoms with van der Waals surface area (Å²) in [6.07, 6.45) is -0.876. The standard InChI is InChI=1S/C24H22BrClN4O4/c25-18-7-6-16(10-19(18)26)22(32)27-8-9-29-20(14-27)21-23(33)28(11-15-4-2-1-3-5-15)12-17(31)13-30(21)24(29)34/h1-7,10,17,31H,8-9,11-14H2. The van der Waals surface area contributed by atoms with Crippen LogP contribution >= 0.6 is 27.5 Å². The summed E-state index contributed by atoms with van der Waals surface area (Å²) in [5.41, 5.74) is 1.75. The first-order valence-corrected chi connectivity index (χ1v) is 12.1. The Kier molecular flexibility index (Phi) is 6.09. The first kappa shape index (κ1) is 22.9. The number of aromatic nitrogens is 2. The third-order valence-corrected chi connectivity index (χ3v) is 7.48. The molecule has 2 aliphatic heterocycles. The summed E-state index contributed by atoms with van der Waals surface area (Å²) >= 11 is 9.50. The molecule has 1 atom stereocenters. The Labute approximate surface area is 209 Å². The van der Waals surface area contributed by atoms with E-state index < -0.39 is 6.10 Å². The van der Waals surface area contributed by atoms with Crippen LogP contribution in [-0.2, 0) is 26.2 Å². The zero-order valence-electron chi connectivity index (χ0n) is 18.2. The first-order valence-electron chi connectivity index (χ1n) is 10.9. The first-order chi connectivity index (χ1) is 16.3. The van der Waals surface area contributed by atoms with Gasteiger partial charge in [-0.3, -0.25) is 18.7 Å². The Balaban J connectivity index is 1.49. The number of carbonyl (C=O) groups excluding carboxylic acids is 2. The van der Waals surface area contributed by atoms with Crippen molar-refractivity contribution in [3.8, 4) is 0 Å². The molecule has 2 aliphatic rings. The number of β-amino-alcohol motifs (C(OH)–C–C–N with tert-alkyl or cyclic N) is 1. The fourth-order valence-electron chi connectivity index (χ4n) is 4.60. The van der Waals surface area contributed by atoms with Crippen molar-refractivity contribution in [3.63, 3.8) is 0 Å². The van der Waals surface area contributed by atoms with E-state index in [2.05, 4.69) is 15.9 Å². The molecule has 0 radical (unpaired) electrons. The van der Waals surface area contributed by atoms with Crippen LogP contribution in [-0.4, -0.2) is 55.0 Å². The highest BCUT2D eigenvalue weighted by molar-refractivity contribution is 9.10. The summed E-state index contributed by atoms with van der Waals surface area (Å²) < 4.78 is 3.60. The van der Waals surface area contributed by atoms with Crippen LogP contribution in [0.1, 0.15) is 32.1 Å². The summed E-state index contributed by atoms with van der Waals surface area (Å²) in [6, 6.07) is 14.5. The minimum absolute atomic E-state index is 0.0292. The van der Waals surface area contributed by atoms with Crippen molar-refractivity contribution in [3.05, 3.63) is 91.0 Å². The average Bonchev–Trinajstić information content (AvgIpc) is 3.03. The Bertz CT molecular complexity index is 1340. The lowest BCUT2D eigenvalue weighted by molar-refractivity contribution is 0.0616. The second-order valence-electron chi connectivity index (χ2n) is 8.52. The van der Waals surface area contributed by atoms with Gasteiger partial charge in [-0.05, 0) is 39.7 Å². The van der Waals surface area contributed by atoms with E-state index in [0.29, 0.717) is 33.8 Å². The van der Waals surface area contributed by atoms with E-state index in [1.165, 1.54) is 4.57 Å². The highest BCUT2D eigenvalue weighted by Crippen LogP contribution is 2.26. The highest BCUT2D eigenvalue weighted by Gasteiger charge is 2.36. The molecule has 0 saturated heterocycles. The lowest BCUT2D eigenvalue weighted by Crippen LogP contribution is -2.42. The second kappa shape index (κ2) is 9.05. The van der Waals surface area contributed by atoms with E-state index in [1.54, 1.807) is 32.6 Å². The number of halogens is 2. The van der Waals surface area contributed by atoms with Gasteiger partial charge in [-0.15, -0.1) is 0 Å². The van der Waals surface area contributed by atoms with Crippen molar-refractivity contribution in [2.75, 3.05) is 13.1 Å². The molecule has 0 saturated carbocycles. The van der Waals surface area contributed by atoms with Gasteiger partial charge in [0, 0.05) is 36.2 Å². The van der Waals surface area contributed by atoms with Crippen molar-refractivity contribution >= 4 is 39.3 Å². The number of imidazole rings is 1. The molecule has 3 heterocycles. The number of carbonyl (C=O) groups is 2. The maximum absolute atomic E-state index is 13.6. The lowest BCUT2D eigenvalue weighted by atomic mass is 10.1. The van der Waals surface area contributed by atoms with Gasteiger partial charge in [0.2, 0.25) is 0 Å². The Morgan fingerprint density at radius 1 is 1.06 bits per heavy atom. The number of hydrogen-bond donors (Lipinski definition) is 1. The van der Waals surface area contributed by atoms with Crippen LogP contribution in [0.2, 0.25) is 5.02 Å². The fraction of sp³-hybridized carbons (Fsp3) is 0.292. The van der Waals surface area contributed by atoms with Crippen LogP contribution < -0.4 is 5.69 Å². The molecule has 176 valence electrons. The van der Waals surface area contributed by atoms with Gasteiger partial charge in [-0.25, -0.2) is 4.79 Å². The van der Waals surface area contributed by atoms with Gasteiger partial charge in [0.1, 0.15) is 5.69 Å². The summed E-state index contributed by atoms with van der Waals surface area (Å²) in [6.45, 7) is 1.18. The SMILES string of the molecule is O=C(c1ccc(Br)c(Cl)c1)N1CCn2c(c3n(c2=O)CC(O)CN(Cc2ccccc2)C3=O)C1. The van der Waals surface area contributed by atoms with Gasteiger partial charge in [-0.1, -0.05) is 41.9 Å². The molecule has 34 heavy (non-hydrogen) atoms. The van der Waals surface area contributed by atoms with Crippen molar-refractivity contribution < 1.29 is 14.7 Å². The van der Waals surface area contributed by atoms with Crippen LogP contribution in [0.25, 0.3) is 0 Å². The van der Waals surface area contributed by atoms with E-state index >= 15 is 0 Å². The predicted octanol–water partition coefficient (Wildman–Crippen LogP) is 2.74. The lowest BCUT2D eigenvalue weighted by Gasteiger charge is -2.29. The minimum atomic E-state index is -0.876. The highest BCUT2D eigenvalue weighted by atomic mass is 79.9. The van der Waals surface area contributed by atoms with E-state index in [1.807, 2.05) is 30.3 Å². The van der Waals surface area contributed by atoms with Crippen molar-refractivity contribution in [1.29, 1.82) is 0 Å². The topological polar surface area (TPSA) is 87.8 Å². The molecule has 8 nitrogen and oxygen atoms in total. The molecule has 3 aromatic rings. The Morgan fingerprint density at radius 3 is 2.56 bits per heavy atom. The number of amides is 2. The quantitative estimate of drug-likeness (QED) is 0.548. The average molecular weight is 546 g/mol.